The van der Waals surface area contributed by atoms with Crippen molar-refractivity contribution < 1.29 is 14.4 Å². The molecule has 1 heterocycles. The summed E-state index contributed by atoms with van der Waals surface area (Å²) in [5, 5.41) is 5.60. The molecule has 1 fully saturated rings. The van der Waals surface area contributed by atoms with Crippen molar-refractivity contribution in [1.29, 1.82) is 0 Å². The predicted molar refractivity (Wildman–Crippen MR) is 106 cm³/mol. The summed E-state index contributed by atoms with van der Waals surface area (Å²) in [7, 11) is 0. The fourth-order valence-corrected chi connectivity index (χ4v) is 3.12. The average molecular weight is 374 g/mol. The number of carbonyl (C=O) groups is 3. The zero-order valence-electron chi connectivity index (χ0n) is 16.5. The number of amides is 3. The Morgan fingerprint density at radius 3 is 2.59 bits per heavy atom. The van der Waals surface area contributed by atoms with Gasteiger partial charge in [0, 0.05) is 49.9 Å². The van der Waals surface area contributed by atoms with Crippen LogP contribution in [0.1, 0.15) is 37.6 Å². The Bertz CT molecular complexity index is 675. The average Bonchev–Trinajstić information content (AvgIpc) is 2.86. The van der Waals surface area contributed by atoms with Gasteiger partial charge in [-0.1, -0.05) is 19.9 Å². The molecule has 0 radical (unpaired) electrons. The summed E-state index contributed by atoms with van der Waals surface area (Å²) in [5.74, 6) is -0.108. The van der Waals surface area contributed by atoms with Gasteiger partial charge in [0.2, 0.25) is 11.8 Å². The van der Waals surface area contributed by atoms with Crippen LogP contribution in [-0.4, -0.2) is 66.8 Å². The van der Waals surface area contributed by atoms with Crippen LogP contribution in [-0.2, 0) is 9.59 Å². The molecule has 1 aromatic rings. The van der Waals surface area contributed by atoms with Gasteiger partial charge in [-0.25, -0.2) is 0 Å². The third-order valence-corrected chi connectivity index (χ3v) is 4.51. The Balaban J connectivity index is 1.88. The summed E-state index contributed by atoms with van der Waals surface area (Å²) >= 11 is 0. The first kappa shape index (κ1) is 20.9. The van der Waals surface area contributed by atoms with Gasteiger partial charge >= 0.3 is 0 Å². The largest absolute Gasteiger partial charge is 0.352 e. The van der Waals surface area contributed by atoms with Crippen molar-refractivity contribution in [2.45, 2.75) is 27.2 Å². The van der Waals surface area contributed by atoms with Gasteiger partial charge in [-0.05, 0) is 31.5 Å². The van der Waals surface area contributed by atoms with Crippen LogP contribution in [0, 0.1) is 5.92 Å². The number of carbonyl (C=O) groups excluding carboxylic acids is 3. The lowest BCUT2D eigenvalue weighted by molar-refractivity contribution is -0.134. The molecule has 1 aromatic carbocycles. The van der Waals surface area contributed by atoms with Gasteiger partial charge in [-0.15, -0.1) is 0 Å². The topological polar surface area (TPSA) is 81.8 Å². The minimum absolute atomic E-state index is 0.00275. The number of hydrogen-bond donors (Lipinski definition) is 2. The van der Waals surface area contributed by atoms with Crippen molar-refractivity contribution >= 4 is 23.4 Å². The molecule has 0 atom stereocenters. The zero-order valence-corrected chi connectivity index (χ0v) is 16.5. The Morgan fingerprint density at radius 2 is 1.89 bits per heavy atom. The van der Waals surface area contributed by atoms with Crippen LogP contribution < -0.4 is 10.6 Å². The summed E-state index contributed by atoms with van der Waals surface area (Å²) < 4.78 is 0. The summed E-state index contributed by atoms with van der Waals surface area (Å²) in [4.78, 5) is 40.4. The zero-order chi connectivity index (χ0) is 19.8. The molecule has 7 heteroatoms. The monoisotopic (exact) mass is 374 g/mol. The molecule has 2 rings (SSSR count). The standard InChI is InChI=1S/C20H30N4O3/c1-4-21-19(26)16-7-5-8-17(13-16)22-18(25)14-23-9-6-10-24(12-11-23)20(27)15(2)3/h5,7-8,13,15H,4,6,9-12,14H2,1-3H3,(H,21,26)(H,22,25). The Morgan fingerprint density at radius 1 is 1.11 bits per heavy atom. The number of rotatable bonds is 6. The molecule has 1 saturated heterocycles. The lowest BCUT2D eigenvalue weighted by atomic mass is 10.2. The number of anilines is 1. The quantitative estimate of drug-likeness (QED) is 0.792. The lowest BCUT2D eigenvalue weighted by Gasteiger charge is -2.23. The van der Waals surface area contributed by atoms with Gasteiger partial charge in [-0.2, -0.15) is 0 Å². The van der Waals surface area contributed by atoms with Crippen molar-refractivity contribution in [3.8, 4) is 0 Å². The Labute approximate surface area is 161 Å². The highest BCUT2D eigenvalue weighted by atomic mass is 16.2. The second kappa shape index (κ2) is 10.1. The van der Waals surface area contributed by atoms with E-state index in [0.717, 1.165) is 19.5 Å². The van der Waals surface area contributed by atoms with Gasteiger partial charge in [0.15, 0.2) is 0 Å². The third-order valence-electron chi connectivity index (χ3n) is 4.51. The Kier molecular flexibility index (Phi) is 7.79. The number of nitrogens with zero attached hydrogens (tertiary/aromatic N) is 2. The van der Waals surface area contributed by atoms with Crippen LogP contribution in [0.3, 0.4) is 0 Å². The van der Waals surface area contributed by atoms with Gasteiger partial charge < -0.3 is 15.5 Å². The fourth-order valence-electron chi connectivity index (χ4n) is 3.12. The highest BCUT2D eigenvalue weighted by molar-refractivity contribution is 5.97. The van der Waals surface area contributed by atoms with Gasteiger partial charge in [-0.3, -0.25) is 19.3 Å². The molecule has 0 saturated carbocycles. The Hall–Kier alpha value is -2.41. The maximum absolute atomic E-state index is 12.4. The minimum atomic E-state index is -0.156. The summed E-state index contributed by atoms with van der Waals surface area (Å²) in [6, 6.07) is 6.91. The van der Waals surface area contributed by atoms with Gasteiger partial charge in [0.1, 0.15) is 0 Å². The van der Waals surface area contributed by atoms with Crippen molar-refractivity contribution in [3.63, 3.8) is 0 Å². The molecule has 3 amide bonds. The van der Waals surface area contributed by atoms with E-state index in [1.165, 1.54) is 0 Å². The van der Waals surface area contributed by atoms with Gasteiger partial charge in [0.05, 0.1) is 6.54 Å². The van der Waals surface area contributed by atoms with E-state index < -0.39 is 0 Å². The smallest absolute Gasteiger partial charge is 0.251 e. The first-order valence-electron chi connectivity index (χ1n) is 9.60. The van der Waals surface area contributed by atoms with Crippen LogP contribution in [0.4, 0.5) is 5.69 Å². The third kappa shape index (κ3) is 6.36. The number of hydrogen-bond acceptors (Lipinski definition) is 4. The normalized spacial score (nSPS) is 15.3. The fraction of sp³-hybridized carbons (Fsp3) is 0.550. The predicted octanol–water partition coefficient (Wildman–Crippen LogP) is 1.57. The molecule has 148 valence electrons. The maximum Gasteiger partial charge on any atom is 0.251 e. The van der Waals surface area contributed by atoms with E-state index in [1.807, 2.05) is 25.7 Å². The van der Waals surface area contributed by atoms with Crippen LogP contribution in [0.15, 0.2) is 24.3 Å². The van der Waals surface area contributed by atoms with Crippen molar-refractivity contribution in [1.82, 2.24) is 15.1 Å². The van der Waals surface area contributed by atoms with Crippen LogP contribution in [0.2, 0.25) is 0 Å². The van der Waals surface area contributed by atoms with E-state index >= 15 is 0 Å². The van der Waals surface area contributed by atoms with E-state index in [9.17, 15) is 14.4 Å². The molecule has 0 bridgehead atoms. The second-order valence-corrected chi connectivity index (χ2v) is 7.10. The molecule has 1 aliphatic rings. The first-order chi connectivity index (χ1) is 12.9. The van der Waals surface area contributed by atoms with Crippen molar-refractivity contribution in [3.05, 3.63) is 29.8 Å². The van der Waals surface area contributed by atoms with E-state index in [1.54, 1.807) is 24.3 Å². The molecule has 2 N–H and O–H groups in total. The van der Waals surface area contributed by atoms with E-state index in [0.29, 0.717) is 30.9 Å². The van der Waals surface area contributed by atoms with Crippen molar-refractivity contribution in [2.24, 2.45) is 5.92 Å². The highest BCUT2D eigenvalue weighted by Crippen LogP contribution is 2.12. The van der Waals surface area contributed by atoms with E-state index in [4.69, 9.17) is 0 Å². The molecule has 0 aromatic heterocycles. The van der Waals surface area contributed by atoms with Crippen LogP contribution >= 0.6 is 0 Å². The summed E-state index contributed by atoms with van der Waals surface area (Å²) in [5.41, 5.74) is 1.13. The molecule has 1 aliphatic heterocycles. The SMILES string of the molecule is CCNC(=O)c1cccc(NC(=O)CN2CCCN(C(=O)C(C)C)CC2)c1. The minimum Gasteiger partial charge on any atom is -0.352 e. The molecular weight excluding hydrogens is 344 g/mol. The summed E-state index contributed by atoms with van der Waals surface area (Å²) in [6.07, 6.45) is 0.860. The maximum atomic E-state index is 12.4. The summed E-state index contributed by atoms with van der Waals surface area (Å²) in [6.45, 7) is 9.37. The lowest BCUT2D eigenvalue weighted by Crippen LogP contribution is -2.39. The molecule has 7 nitrogen and oxygen atoms in total. The first-order valence-corrected chi connectivity index (χ1v) is 9.60. The second-order valence-electron chi connectivity index (χ2n) is 7.10. The number of benzene rings is 1. The molecular formula is C20H30N4O3. The number of nitrogens with one attached hydrogen (secondary N) is 2. The molecule has 0 spiro atoms. The van der Waals surface area contributed by atoms with Crippen LogP contribution in [0.25, 0.3) is 0 Å². The molecule has 0 aliphatic carbocycles. The highest BCUT2D eigenvalue weighted by Gasteiger charge is 2.22. The molecule has 27 heavy (non-hydrogen) atoms. The van der Waals surface area contributed by atoms with Gasteiger partial charge in [0.25, 0.3) is 5.91 Å². The van der Waals surface area contributed by atoms with E-state index in [2.05, 4.69) is 15.5 Å². The van der Waals surface area contributed by atoms with Crippen LogP contribution in [0.5, 0.6) is 0 Å². The molecule has 0 unspecified atom stereocenters. The van der Waals surface area contributed by atoms with E-state index in [-0.39, 0.29) is 30.2 Å². The van der Waals surface area contributed by atoms with Crippen molar-refractivity contribution in [2.75, 3.05) is 44.6 Å².